The number of amides is 1. The van der Waals surface area contributed by atoms with Gasteiger partial charge >= 0.3 is 5.97 Å². The van der Waals surface area contributed by atoms with E-state index in [1.165, 1.54) is 0 Å². The molecule has 3 N–H and O–H groups in total. The molecule has 0 aliphatic heterocycles. The molecule has 0 aromatic heterocycles. The first-order valence-corrected chi connectivity index (χ1v) is 10.0. The van der Waals surface area contributed by atoms with Gasteiger partial charge in [-0.2, -0.15) is 5.48 Å². The predicted octanol–water partition coefficient (Wildman–Crippen LogP) is 3.75. The summed E-state index contributed by atoms with van der Waals surface area (Å²) in [6, 6.07) is 12.8. The summed E-state index contributed by atoms with van der Waals surface area (Å²) < 4.78 is 0. The van der Waals surface area contributed by atoms with Crippen LogP contribution in [0.1, 0.15) is 43.0 Å². The molecule has 1 amide bonds. The van der Waals surface area contributed by atoms with E-state index in [9.17, 15) is 14.7 Å². The van der Waals surface area contributed by atoms with E-state index in [-0.39, 0.29) is 18.9 Å². The monoisotopic (exact) mass is 434 g/mol. The minimum absolute atomic E-state index is 0.0310. The van der Waals surface area contributed by atoms with E-state index in [1.807, 2.05) is 45.0 Å². The molecule has 0 aliphatic rings. The number of carboxylic acid groups (broad SMARTS) is 1. The average molecular weight is 435 g/mol. The maximum atomic E-state index is 12.7. The molecule has 0 spiro atoms. The lowest BCUT2D eigenvalue weighted by molar-refractivity contribution is -0.362. The summed E-state index contributed by atoms with van der Waals surface area (Å²) in [6.07, 6.45) is -0.0516. The molecule has 162 valence electrons. The number of aryl methyl sites for hydroxylation is 1. The van der Waals surface area contributed by atoms with E-state index in [2.05, 4.69) is 10.8 Å². The van der Waals surface area contributed by atoms with Gasteiger partial charge in [0.1, 0.15) is 6.04 Å². The average Bonchev–Trinajstić information content (AvgIpc) is 2.68. The fraction of sp³-hybridized carbons (Fsp3) is 0.364. The highest BCUT2D eigenvalue weighted by Gasteiger charge is 2.24. The van der Waals surface area contributed by atoms with E-state index in [1.54, 1.807) is 24.3 Å². The van der Waals surface area contributed by atoms with Crippen LogP contribution in [0.2, 0.25) is 5.02 Å². The summed E-state index contributed by atoms with van der Waals surface area (Å²) >= 11 is 5.87. The minimum Gasteiger partial charge on any atom is -0.480 e. The van der Waals surface area contributed by atoms with Gasteiger partial charge in [-0.3, -0.25) is 4.79 Å². The van der Waals surface area contributed by atoms with Crippen molar-refractivity contribution in [3.05, 3.63) is 70.2 Å². The van der Waals surface area contributed by atoms with Crippen molar-refractivity contribution in [1.29, 1.82) is 0 Å². The Hall–Kier alpha value is -2.45. The third kappa shape index (κ3) is 7.76. The van der Waals surface area contributed by atoms with Gasteiger partial charge in [0, 0.05) is 17.9 Å². The second-order valence-electron chi connectivity index (χ2n) is 7.25. The molecule has 0 bridgehead atoms. The van der Waals surface area contributed by atoms with Crippen LogP contribution < -0.4 is 10.8 Å². The molecule has 0 radical (unpaired) electrons. The molecular weight excluding hydrogens is 408 g/mol. The van der Waals surface area contributed by atoms with Crippen molar-refractivity contribution >= 4 is 23.5 Å². The Morgan fingerprint density at radius 3 is 2.37 bits per heavy atom. The summed E-state index contributed by atoms with van der Waals surface area (Å²) in [5, 5.41) is 12.7. The molecule has 2 rings (SSSR count). The molecule has 2 unspecified atom stereocenters. The second-order valence-corrected chi connectivity index (χ2v) is 7.68. The fourth-order valence-electron chi connectivity index (χ4n) is 2.87. The first-order chi connectivity index (χ1) is 14.3. The number of benzene rings is 2. The van der Waals surface area contributed by atoms with Crippen molar-refractivity contribution in [2.75, 3.05) is 0 Å². The number of rotatable bonds is 11. The highest BCUT2D eigenvalue weighted by Crippen LogP contribution is 2.21. The zero-order valence-electron chi connectivity index (χ0n) is 17.2. The largest absolute Gasteiger partial charge is 0.480 e. The van der Waals surface area contributed by atoms with Crippen molar-refractivity contribution in [2.45, 2.75) is 51.8 Å². The van der Waals surface area contributed by atoms with Crippen LogP contribution in [-0.4, -0.2) is 29.1 Å². The number of hydrogen-bond acceptors (Lipinski definition) is 5. The number of carbonyl (C=O) groups is 2. The van der Waals surface area contributed by atoms with E-state index >= 15 is 0 Å². The lowest BCUT2D eigenvalue weighted by Crippen LogP contribution is -2.43. The lowest BCUT2D eigenvalue weighted by atomic mass is 9.98. The standard InChI is InChI=1S/C22H27ClN2O5/c1-14(2)29-30-25-19(18-7-5-4-6-15(18)3)13-21(26)24-20(22(27)28)12-16-8-10-17(23)11-9-16/h4-11,14,19-20,25H,12-13H2,1-3H3,(H,24,26)(H,27,28). The summed E-state index contributed by atoms with van der Waals surface area (Å²) in [4.78, 5) is 34.5. The van der Waals surface area contributed by atoms with Crippen LogP contribution in [0.3, 0.4) is 0 Å². The SMILES string of the molecule is Cc1ccccc1C(CC(=O)NC(Cc1ccc(Cl)cc1)C(=O)O)NOOC(C)C. The molecule has 8 heteroatoms. The molecule has 2 aromatic rings. The van der Waals surface area contributed by atoms with Crippen molar-refractivity contribution in [2.24, 2.45) is 0 Å². The number of hydroxylamine groups is 1. The van der Waals surface area contributed by atoms with Gasteiger partial charge in [0.15, 0.2) is 0 Å². The molecule has 7 nitrogen and oxygen atoms in total. The molecule has 0 fully saturated rings. The first-order valence-electron chi connectivity index (χ1n) is 9.66. The third-order valence-electron chi connectivity index (χ3n) is 4.37. The van der Waals surface area contributed by atoms with Crippen molar-refractivity contribution in [3.8, 4) is 0 Å². The maximum Gasteiger partial charge on any atom is 0.326 e. The number of carbonyl (C=O) groups excluding carboxylic acids is 1. The third-order valence-corrected chi connectivity index (χ3v) is 4.62. The number of halogens is 1. The van der Waals surface area contributed by atoms with Crippen molar-refractivity contribution in [3.63, 3.8) is 0 Å². The van der Waals surface area contributed by atoms with E-state index in [0.29, 0.717) is 5.02 Å². The quantitative estimate of drug-likeness (QED) is 0.368. The molecule has 30 heavy (non-hydrogen) atoms. The van der Waals surface area contributed by atoms with Gasteiger partial charge in [-0.1, -0.05) is 48.0 Å². The number of hydrogen-bond donors (Lipinski definition) is 3. The smallest absolute Gasteiger partial charge is 0.326 e. The Kier molecular flexibility index (Phi) is 9.26. The molecular formula is C22H27ClN2O5. The zero-order chi connectivity index (χ0) is 22.1. The van der Waals surface area contributed by atoms with Crippen LogP contribution in [0.15, 0.2) is 48.5 Å². The van der Waals surface area contributed by atoms with E-state index in [0.717, 1.165) is 16.7 Å². The van der Waals surface area contributed by atoms with Crippen molar-refractivity contribution in [1.82, 2.24) is 10.8 Å². The Morgan fingerprint density at radius 1 is 1.10 bits per heavy atom. The van der Waals surface area contributed by atoms with Crippen LogP contribution in [0.5, 0.6) is 0 Å². The van der Waals surface area contributed by atoms with Gasteiger partial charge in [-0.15, -0.1) is 4.99 Å². The highest BCUT2D eigenvalue weighted by molar-refractivity contribution is 6.30. The molecule has 0 aliphatic carbocycles. The summed E-state index contributed by atoms with van der Waals surface area (Å²) in [7, 11) is 0. The van der Waals surface area contributed by atoms with Gasteiger partial charge in [0.2, 0.25) is 5.91 Å². The number of nitrogens with one attached hydrogen (secondary N) is 2. The fourth-order valence-corrected chi connectivity index (χ4v) is 3.00. The van der Waals surface area contributed by atoms with Crippen molar-refractivity contribution < 1.29 is 24.6 Å². The second kappa shape index (κ2) is 11.7. The van der Waals surface area contributed by atoms with Gasteiger partial charge < -0.3 is 10.4 Å². The van der Waals surface area contributed by atoms with Gasteiger partial charge in [0.05, 0.1) is 12.1 Å². The Balaban J connectivity index is 2.07. The molecule has 2 atom stereocenters. The van der Waals surface area contributed by atoms with E-state index < -0.39 is 24.0 Å². The summed E-state index contributed by atoms with van der Waals surface area (Å²) in [6.45, 7) is 5.54. The van der Waals surface area contributed by atoms with Crippen LogP contribution in [0.25, 0.3) is 0 Å². The van der Waals surface area contributed by atoms with Crippen LogP contribution in [-0.2, 0) is 25.9 Å². The van der Waals surface area contributed by atoms with Crippen LogP contribution in [0.4, 0.5) is 0 Å². The van der Waals surface area contributed by atoms with Gasteiger partial charge in [-0.25, -0.2) is 9.68 Å². The normalized spacial score (nSPS) is 13.1. The Labute approximate surface area is 181 Å². The van der Waals surface area contributed by atoms with Crippen LogP contribution in [0, 0.1) is 6.92 Å². The first kappa shape index (κ1) is 23.8. The predicted molar refractivity (Wildman–Crippen MR) is 114 cm³/mol. The summed E-state index contributed by atoms with van der Waals surface area (Å²) in [5.74, 6) is -1.54. The molecule has 2 aromatic carbocycles. The minimum atomic E-state index is -1.11. The number of carboxylic acids is 1. The Morgan fingerprint density at radius 2 is 1.77 bits per heavy atom. The maximum absolute atomic E-state index is 12.7. The van der Waals surface area contributed by atoms with Gasteiger partial charge in [0.25, 0.3) is 0 Å². The summed E-state index contributed by atoms with van der Waals surface area (Å²) in [5.41, 5.74) is 5.33. The lowest BCUT2D eigenvalue weighted by Gasteiger charge is -2.21. The highest BCUT2D eigenvalue weighted by atomic mass is 35.5. The van der Waals surface area contributed by atoms with Crippen LogP contribution >= 0.6 is 11.6 Å². The Bertz CT molecular complexity index is 842. The zero-order valence-corrected chi connectivity index (χ0v) is 18.0. The van der Waals surface area contributed by atoms with E-state index in [4.69, 9.17) is 21.5 Å². The van der Waals surface area contributed by atoms with Gasteiger partial charge in [-0.05, 0) is 49.6 Å². The molecule has 0 heterocycles. The number of aliphatic carboxylic acids is 1. The topological polar surface area (TPSA) is 96.9 Å². The molecule has 0 saturated heterocycles. The molecule has 0 saturated carbocycles.